The van der Waals surface area contributed by atoms with E-state index in [4.69, 9.17) is 19.9 Å². The van der Waals surface area contributed by atoms with E-state index < -0.39 is 0 Å². The second-order valence-electron chi connectivity index (χ2n) is 5.34. The van der Waals surface area contributed by atoms with E-state index in [0.29, 0.717) is 13.2 Å². The van der Waals surface area contributed by atoms with Gasteiger partial charge in [0.2, 0.25) is 0 Å². The molecule has 0 bridgehead atoms. The van der Waals surface area contributed by atoms with Crippen LogP contribution in [0.5, 0.6) is 5.75 Å². The van der Waals surface area contributed by atoms with Crippen molar-refractivity contribution in [1.29, 1.82) is 0 Å². The summed E-state index contributed by atoms with van der Waals surface area (Å²) < 4.78 is 16.6. The van der Waals surface area contributed by atoms with Gasteiger partial charge in [0, 0.05) is 33.9 Å². The average Bonchev–Trinajstić information content (AvgIpc) is 2.92. The minimum atomic E-state index is 0.158. The van der Waals surface area contributed by atoms with Crippen LogP contribution in [0.4, 0.5) is 0 Å². The van der Waals surface area contributed by atoms with Crippen LogP contribution in [0.2, 0.25) is 0 Å². The van der Waals surface area contributed by atoms with E-state index >= 15 is 0 Å². The number of likely N-dealkylation sites (tertiary alicyclic amines) is 1. The van der Waals surface area contributed by atoms with E-state index in [9.17, 15) is 0 Å². The van der Waals surface area contributed by atoms with Gasteiger partial charge in [-0.15, -0.1) is 0 Å². The molecule has 1 aliphatic rings. The molecule has 0 aliphatic carbocycles. The lowest BCUT2D eigenvalue weighted by molar-refractivity contribution is -0.00461. The van der Waals surface area contributed by atoms with Gasteiger partial charge in [0.15, 0.2) is 0 Å². The van der Waals surface area contributed by atoms with Crippen LogP contribution in [0.1, 0.15) is 5.56 Å². The Hall–Kier alpha value is -1.14. The second-order valence-corrected chi connectivity index (χ2v) is 5.34. The molecule has 2 rings (SSSR count). The Morgan fingerprint density at radius 3 is 2.24 bits per heavy atom. The van der Waals surface area contributed by atoms with Crippen LogP contribution in [0, 0.1) is 0 Å². The second kappa shape index (κ2) is 8.34. The number of methoxy groups -OCH3 is 2. The highest BCUT2D eigenvalue weighted by molar-refractivity contribution is 5.27. The first-order valence-electron chi connectivity index (χ1n) is 7.46. The molecule has 0 amide bonds. The Balaban J connectivity index is 1.72. The Morgan fingerprint density at radius 1 is 1.10 bits per heavy atom. The predicted molar refractivity (Wildman–Crippen MR) is 82.7 cm³/mol. The lowest BCUT2D eigenvalue weighted by Crippen LogP contribution is -2.27. The fraction of sp³-hybridized carbons (Fsp3) is 0.625. The molecule has 1 fully saturated rings. The van der Waals surface area contributed by atoms with Gasteiger partial charge in [0.1, 0.15) is 12.4 Å². The van der Waals surface area contributed by atoms with Crippen molar-refractivity contribution in [3.05, 3.63) is 29.8 Å². The summed E-state index contributed by atoms with van der Waals surface area (Å²) in [6.07, 6.45) is 1.22. The van der Waals surface area contributed by atoms with Crippen molar-refractivity contribution in [2.75, 3.05) is 47.0 Å². The van der Waals surface area contributed by atoms with E-state index in [1.807, 2.05) is 12.1 Å². The average molecular weight is 294 g/mol. The van der Waals surface area contributed by atoms with Crippen LogP contribution in [0.25, 0.3) is 0 Å². The maximum atomic E-state index is 5.78. The summed E-state index contributed by atoms with van der Waals surface area (Å²) in [5.41, 5.74) is 6.78. The summed E-state index contributed by atoms with van der Waals surface area (Å²) in [6, 6.07) is 8.15. The third-order valence-electron chi connectivity index (χ3n) is 3.93. The summed E-state index contributed by atoms with van der Waals surface area (Å²) in [6.45, 7) is 4.02. The number of hydrogen-bond donors (Lipinski definition) is 1. The molecular weight excluding hydrogens is 268 g/mol. The number of rotatable bonds is 8. The minimum absolute atomic E-state index is 0.158. The fourth-order valence-electron chi connectivity index (χ4n) is 2.67. The van der Waals surface area contributed by atoms with Gasteiger partial charge in [0.05, 0.1) is 12.2 Å². The third kappa shape index (κ3) is 4.68. The number of nitrogens with zero attached hydrogens (tertiary/aromatic N) is 1. The van der Waals surface area contributed by atoms with E-state index in [0.717, 1.165) is 31.8 Å². The van der Waals surface area contributed by atoms with Gasteiger partial charge in [-0.1, -0.05) is 12.1 Å². The van der Waals surface area contributed by atoms with Crippen LogP contribution < -0.4 is 10.5 Å². The maximum absolute atomic E-state index is 5.78. The van der Waals surface area contributed by atoms with E-state index in [2.05, 4.69) is 17.0 Å². The molecule has 1 aromatic rings. The Morgan fingerprint density at radius 2 is 1.71 bits per heavy atom. The molecule has 5 heteroatoms. The zero-order chi connectivity index (χ0) is 15.1. The highest BCUT2D eigenvalue weighted by Gasteiger charge is 2.32. The van der Waals surface area contributed by atoms with Crippen molar-refractivity contribution in [2.24, 2.45) is 5.73 Å². The van der Waals surface area contributed by atoms with Gasteiger partial charge in [0.25, 0.3) is 0 Å². The van der Waals surface area contributed by atoms with Crippen molar-refractivity contribution < 1.29 is 14.2 Å². The third-order valence-corrected chi connectivity index (χ3v) is 3.93. The summed E-state index contributed by atoms with van der Waals surface area (Å²) in [7, 11) is 3.47. The fourth-order valence-corrected chi connectivity index (χ4v) is 2.67. The highest BCUT2D eigenvalue weighted by Crippen LogP contribution is 2.16. The van der Waals surface area contributed by atoms with Crippen molar-refractivity contribution in [2.45, 2.75) is 18.6 Å². The van der Waals surface area contributed by atoms with Gasteiger partial charge >= 0.3 is 0 Å². The summed E-state index contributed by atoms with van der Waals surface area (Å²) in [5.74, 6) is 0.904. The number of hydrogen-bond acceptors (Lipinski definition) is 5. The van der Waals surface area contributed by atoms with Crippen molar-refractivity contribution in [3.8, 4) is 5.75 Å². The summed E-state index contributed by atoms with van der Waals surface area (Å²) >= 11 is 0. The summed E-state index contributed by atoms with van der Waals surface area (Å²) in [5, 5.41) is 0. The zero-order valence-electron chi connectivity index (χ0n) is 13.0. The number of nitrogens with two attached hydrogens (primary N) is 1. The molecular formula is C16H26N2O3. The molecule has 1 saturated heterocycles. The molecule has 1 heterocycles. The Labute approximate surface area is 127 Å². The number of ether oxygens (including phenoxy) is 3. The molecule has 1 aromatic carbocycles. The molecule has 0 spiro atoms. The van der Waals surface area contributed by atoms with E-state index in [1.165, 1.54) is 5.56 Å². The number of benzene rings is 1. The van der Waals surface area contributed by atoms with E-state index in [1.54, 1.807) is 14.2 Å². The molecule has 0 aromatic heterocycles. The largest absolute Gasteiger partial charge is 0.492 e. The molecule has 2 atom stereocenters. The Kier molecular flexibility index (Phi) is 6.45. The van der Waals surface area contributed by atoms with Crippen LogP contribution in [0.15, 0.2) is 24.3 Å². The zero-order valence-corrected chi connectivity index (χ0v) is 13.0. The van der Waals surface area contributed by atoms with Crippen LogP contribution in [-0.2, 0) is 15.9 Å². The predicted octanol–water partition coefficient (Wildman–Crippen LogP) is 0.912. The smallest absolute Gasteiger partial charge is 0.119 e. The van der Waals surface area contributed by atoms with Crippen LogP contribution in [0.3, 0.4) is 0 Å². The molecule has 0 saturated carbocycles. The van der Waals surface area contributed by atoms with Gasteiger partial charge in [-0.25, -0.2) is 0 Å². The molecule has 0 radical (unpaired) electrons. The summed E-state index contributed by atoms with van der Waals surface area (Å²) in [4.78, 5) is 2.31. The first kappa shape index (κ1) is 16.2. The topological polar surface area (TPSA) is 57.0 Å². The lowest BCUT2D eigenvalue weighted by Gasteiger charge is -2.15. The SMILES string of the molecule is COC1CN(CCOc2ccc(CCN)cc2)CC1OC. The maximum Gasteiger partial charge on any atom is 0.119 e. The van der Waals surface area contributed by atoms with Crippen LogP contribution in [-0.4, -0.2) is 64.1 Å². The van der Waals surface area contributed by atoms with Gasteiger partial charge < -0.3 is 19.9 Å². The molecule has 2 unspecified atom stereocenters. The van der Waals surface area contributed by atoms with Crippen molar-refractivity contribution in [3.63, 3.8) is 0 Å². The minimum Gasteiger partial charge on any atom is -0.492 e. The molecule has 5 nitrogen and oxygen atoms in total. The first-order valence-corrected chi connectivity index (χ1v) is 7.46. The van der Waals surface area contributed by atoms with Gasteiger partial charge in [-0.3, -0.25) is 4.90 Å². The monoisotopic (exact) mass is 294 g/mol. The molecule has 2 N–H and O–H groups in total. The molecule has 118 valence electrons. The molecule has 21 heavy (non-hydrogen) atoms. The standard InChI is InChI=1S/C16H26N2O3/c1-19-15-11-18(12-16(15)20-2)9-10-21-14-5-3-13(4-6-14)7-8-17/h3-6,15-16H,7-12,17H2,1-2H3. The van der Waals surface area contributed by atoms with Crippen molar-refractivity contribution >= 4 is 0 Å². The van der Waals surface area contributed by atoms with Crippen molar-refractivity contribution in [1.82, 2.24) is 4.90 Å². The Bertz CT molecular complexity index is 398. The quantitative estimate of drug-likeness (QED) is 0.772. The normalized spacial score (nSPS) is 22.6. The van der Waals surface area contributed by atoms with Gasteiger partial charge in [-0.2, -0.15) is 0 Å². The van der Waals surface area contributed by atoms with E-state index in [-0.39, 0.29) is 12.2 Å². The first-order chi connectivity index (χ1) is 10.3. The lowest BCUT2D eigenvalue weighted by atomic mass is 10.1. The van der Waals surface area contributed by atoms with Gasteiger partial charge in [-0.05, 0) is 30.7 Å². The molecule has 1 aliphatic heterocycles. The highest BCUT2D eigenvalue weighted by atomic mass is 16.5. The van der Waals surface area contributed by atoms with Crippen LogP contribution >= 0.6 is 0 Å².